The molecule has 2 nitrogen and oxygen atoms in total. The number of phenolic OH excluding ortho intramolecular Hbond substituents is 1. The van der Waals surface area contributed by atoms with Gasteiger partial charge < -0.3 is 10.6 Å². The van der Waals surface area contributed by atoms with Crippen LogP contribution in [0.25, 0.3) is 0 Å². The SMILES string of the molecule is Cc1ccc(Cl)cc1.Cc1ccc(O)cc1.O.[Ar].[Ar]. The Morgan fingerprint density at radius 3 is 1.32 bits per heavy atom. The van der Waals surface area contributed by atoms with E-state index in [1.165, 1.54) is 11.1 Å². The van der Waals surface area contributed by atoms with E-state index in [2.05, 4.69) is 0 Å². The van der Waals surface area contributed by atoms with Crippen molar-refractivity contribution in [2.75, 3.05) is 0 Å². The molecule has 0 bridgehead atoms. The van der Waals surface area contributed by atoms with Gasteiger partial charge in [-0.1, -0.05) is 47.0 Å². The van der Waals surface area contributed by atoms with Crippen LogP contribution in [0.15, 0.2) is 48.5 Å². The molecule has 0 saturated heterocycles. The molecule has 108 valence electrons. The summed E-state index contributed by atoms with van der Waals surface area (Å²) >= 11 is 5.61. The third kappa shape index (κ3) is 12.5. The fraction of sp³-hybridized carbons (Fsp3) is 0.143. The first-order valence-corrected chi connectivity index (χ1v) is 5.43. The predicted molar refractivity (Wildman–Crippen MR) is 72.6 cm³/mol. The smallest absolute Gasteiger partial charge is 0.115 e. The predicted octanol–water partition coefficient (Wildman–Crippen LogP) is 3.52. The van der Waals surface area contributed by atoms with Crippen molar-refractivity contribution in [1.29, 1.82) is 0 Å². The summed E-state index contributed by atoms with van der Waals surface area (Å²) in [6.45, 7) is 4.02. The van der Waals surface area contributed by atoms with Gasteiger partial charge in [0.15, 0.2) is 0 Å². The second-order valence-corrected chi connectivity index (χ2v) is 4.07. The monoisotopic (exact) mass is 332 g/mol. The van der Waals surface area contributed by atoms with E-state index in [1.807, 2.05) is 50.2 Å². The topological polar surface area (TPSA) is 51.7 Å². The van der Waals surface area contributed by atoms with Gasteiger partial charge in [-0.25, -0.2) is 0 Å². The number of aromatic hydroxyl groups is 1. The van der Waals surface area contributed by atoms with E-state index in [1.54, 1.807) is 12.1 Å². The van der Waals surface area contributed by atoms with Crippen LogP contribution < -0.4 is 0 Å². The van der Waals surface area contributed by atoms with Crippen LogP contribution >= 0.6 is 11.6 Å². The first-order chi connectivity index (χ1) is 7.58. The van der Waals surface area contributed by atoms with Gasteiger partial charge in [-0.3, -0.25) is 0 Å². The van der Waals surface area contributed by atoms with Crippen molar-refractivity contribution in [3.05, 3.63) is 64.7 Å². The molecule has 0 saturated carbocycles. The molecule has 19 heavy (non-hydrogen) atoms. The zero-order chi connectivity index (χ0) is 12.0. The molecule has 0 heterocycles. The van der Waals surface area contributed by atoms with Gasteiger partial charge in [0.05, 0.1) is 0 Å². The molecular formula is C14H17Ar2ClO2. The van der Waals surface area contributed by atoms with Gasteiger partial charge in [0.1, 0.15) is 5.75 Å². The Morgan fingerprint density at radius 2 is 1.05 bits per heavy atom. The standard InChI is InChI=1S/C7H7Cl.C7H8O.2Ar.H2O/c2*1-6-2-4-7(8)5-3-6;;;/h2-5H,1H3;2-5,8H,1H3;;;1H2. The Hall–Kier alpha value is 1.01. The molecule has 0 amide bonds. The van der Waals surface area contributed by atoms with Crippen molar-refractivity contribution >= 4 is 11.6 Å². The number of phenols is 1. The molecule has 0 fully saturated rings. The fourth-order valence-corrected chi connectivity index (χ4v) is 1.20. The van der Waals surface area contributed by atoms with Crippen molar-refractivity contribution in [2.24, 2.45) is 0 Å². The Morgan fingerprint density at radius 1 is 0.737 bits per heavy atom. The summed E-state index contributed by atoms with van der Waals surface area (Å²) in [5.41, 5.74) is 2.41. The van der Waals surface area contributed by atoms with Crippen LogP contribution in [0.4, 0.5) is 0 Å². The minimum Gasteiger partial charge on any atom is -0.508 e. The summed E-state index contributed by atoms with van der Waals surface area (Å²) in [6, 6.07) is 14.8. The second kappa shape index (κ2) is 14.0. The van der Waals surface area contributed by atoms with Gasteiger partial charge in [0.2, 0.25) is 0 Å². The van der Waals surface area contributed by atoms with Crippen molar-refractivity contribution < 1.29 is 86.1 Å². The third-order valence-electron chi connectivity index (χ3n) is 2.04. The molecule has 2 rings (SSSR count). The van der Waals surface area contributed by atoms with Crippen molar-refractivity contribution in [1.82, 2.24) is 0 Å². The summed E-state index contributed by atoms with van der Waals surface area (Å²) in [4.78, 5) is 0. The van der Waals surface area contributed by atoms with E-state index in [0.29, 0.717) is 5.75 Å². The van der Waals surface area contributed by atoms with Crippen LogP contribution in [-0.4, -0.2) is 10.6 Å². The molecule has 0 atom stereocenters. The van der Waals surface area contributed by atoms with E-state index in [9.17, 15) is 0 Å². The molecule has 2 aromatic carbocycles. The van der Waals surface area contributed by atoms with E-state index in [4.69, 9.17) is 16.7 Å². The van der Waals surface area contributed by atoms with Crippen LogP contribution in [0, 0.1) is 89.3 Å². The molecule has 0 aromatic heterocycles. The van der Waals surface area contributed by atoms with E-state index in [-0.39, 0.29) is 81.0 Å². The minimum absolute atomic E-state index is 0. The summed E-state index contributed by atoms with van der Waals surface area (Å²) < 4.78 is 0. The van der Waals surface area contributed by atoms with Crippen LogP contribution in [0.3, 0.4) is 0 Å². The van der Waals surface area contributed by atoms with Gasteiger partial charge in [0, 0.05) is 80.5 Å². The summed E-state index contributed by atoms with van der Waals surface area (Å²) in [5.74, 6) is 0.329. The molecule has 5 heteroatoms. The Kier molecular flexibility index (Phi) is 18.4. The largest absolute Gasteiger partial charge is 0.508 e. The number of rotatable bonds is 0. The molecular weight excluding hydrogens is 316 g/mol. The van der Waals surface area contributed by atoms with Gasteiger partial charge in [0.25, 0.3) is 0 Å². The molecule has 0 spiro atoms. The number of hydrogen-bond donors (Lipinski definition) is 1. The molecule has 2 aromatic rings. The number of hydrogen-bond acceptors (Lipinski definition) is 1. The van der Waals surface area contributed by atoms with Crippen molar-refractivity contribution in [3.63, 3.8) is 0 Å². The normalized spacial score (nSPS) is 7.74. The summed E-state index contributed by atoms with van der Waals surface area (Å²) in [6.07, 6.45) is 0. The maximum Gasteiger partial charge on any atom is 0.115 e. The first-order valence-electron chi connectivity index (χ1n) is 5.06. The molecule has 0 unspecified atom stereocenters. The minimum atomic E-state index is 0. The third-order valence-corrected chi connectivity index (χ3v) is 2.30. The number of halogens is 1. The summed E-state index contributed by atoms with van der Waals surface area (Å²) in [5, 5.41) is 9.56. The van der Waals surface area contributed by atoms with Crippen molar-refractivity contribution in [3.8, 4) is 5.75 Å². The first kappa shape index (κ1) is 25.0. The fourth-order valence-electron chi connectivity index (χ4n) is 1.08. The quantitative estimate of drug-likeness (QED) is 0.788. The molecule has 0 aliphatic carbocycles. The van der Waals surface area contributed by atoms with Crippen LogP contribution in [0.5, 0.6) is 5.75 Å². The van der Waals surface area contributed by atoms with Crippen LogP contribution in [-0.2, 0) is 0 Å². The Balaban J connectivity index is -0.000000233. The molecule has 0 aliphatic heterocycles. The second-order valence-electron chi connectivity index (χ2n) is 3.63. The molecule has 0 aliphatic rings. The van der Waals surface area contributed by atoms with E-state index >= 15 is 0 Å². The zero-order valence-electron chi connectivity index (χ0n) is 10.7. The average molecular weight is 333 g/mol. The Bertz CT molecular complexity index is 345. The van der Waals surface area contributed by atoms with E-state index in [0.717, 1.165) is 5.02 Å². The van der Waals surface area contributed by atoms with Crippen LogP contribution in [0.1, 0.15) is 11.1 Å². The van der Waals surface area contributed by atoms with Crippen molar-refractivity contribution in [2.45, 2.75) is 13.8 Å². The maximum absolute atomic E-state index is 8.76. The Labute approximate surface area is 179 Å². The van der Waals surface area contributed by atoms with Gasteiger partial charge >= 0.3 is 0 Å². The summed E-state index contributed by atoms with van der Waals surface area (Å²) in [7, 11) is 0. The molecule has 0 radical (unpaired) electrons. The number of aryl methyl sites for hydroxylation is 2. The van der Waals surface area contributed by atoms with Gasteiger partial charge in [-0.05, 0) is 38.1 Å². The van der Waals surface area contributed by atoms with Crippen LogP contribution in [0.2, 0.25) is 5.02 Å². The van der Waals surface area contributed by atoms with Gasteiger partial charge in [-0.2, -0.15) is 0 Å². The zero-order valence-corrected chi connectivity index (χ0v) is 12.8. The van der Waals surface area contributed by atoms with E-state index < -0.39 is 0 Å². The maximum atomic E-state index is 8.76. The molecule has 3 N–H and O–H groups in total. The number of benzene rings is 2. The average Bonchev–Trinajstić information content (AvgIpc) is 2.28. The van der Waals surface area contributed by atoms with Gasteiger partial charge in [-0.15, -0.1) is 0 Å².